The van der Waals surface area contributed by atoms with E-state index < -0.39 is 0 Å². The molecule has 1 atom stereocenters. The van der Waals surface area contributed by atoms with Gasteiger partial charge in [-0.05, 0) is 30.0 Å². The van der Waals surface area contributed by atoms with Gasteiger partial charge in [0, 0.05) is 37.1 Å². The lowest BCUT2D eigenvalue weighted by atomic mass is 9.97. The van der Waals surface area contributed by atoms with Crippen LogP contribution in [0.3, 0.4) is 0 Å². The van der Waals surface area contributed by atoms with E-state index >= 15 is 0 Å². The molecule has 0 saturated heterocycles. The summed E-state index contributed by atoms with van der Waals surface area (Å²) in [7, 11) is 2.10. The van der Waals surface area contributed by atoms with E-state index in [1.807, 2.05) is 6.08 Å². The molecule has 28 heavy (non-hydrogen) atoms. The van der Waals surface area contributed by atoms with Gasteiger partial charge in [-0.2, -0.15) is 0 Å². The number of unbranched alkanes of at least 4 members (excludes halogenated alkanes) is 4. The zero-order chi connectivity index (χ0) is 20.9. The Labute approximate surface area is 173 Å². The molecule has 0 aliphatic heterocycles. The van der Waals surface area contributed by atoms with Gasteiger partial charge in [-0.25, -0.2) is 0 Å². The Morgan fingerprint density at radius 1 is 1.14 bits per heavy atom. The van der Waals surface area contributed by atoms with Gasteiger partial charge in [0.2, 0.25) is 0 Å². The molecule has 3 heteroatoms. The van der Waals surface area contributed by atoms with Crippen molar-refractivity contribution in [2.45, 2.75) is 64.8 Å². The van der Waals surface area contributed by atoms with Crippen molar-refractivity contribution in [2.75, 3.05) is 25.5 Å². The molecule has 1 aromatic carbocycles. The maximum Gasteiger partial charge on any atom is 0.0508 e. The molecule has 0 aliphatic rings. The molecule has 3 nitrogen and oxygen atoms in total. The molecule has 0 fully saturated rings. The molecule has 1 rings (SSSR count). The third-order valence-corrected chi connectivity index (χ3v) is 5.39. The van der Waals surface area contributed by atoms with Crippen LogP contribution in [0.25, 0.3) is 11.8 Å². The molecule has 0 radical (unpaired) electrons. The second-order valence-electron chi connectivity index (χ2n) is 7.54. The van der Waals surface area contributed by atoms with Crippen molar-refractivity contribution < 1.29 is 0 Å². The van der Waals surface area contributed by atoms with Crippen molar-refractivity contribution in [1.82, 2.24) is 4.90 Å². The number of nitrogens with one attached hydrogen (secondary N) is 1. The summed E-state index contributed by atoms with van der Waals surface area (Å²) in [5.74, 6) is 0. The van der Waals surface area contributed by atoms with E-state index in [0.717, 1.165) is 47.5 Å². The fourth-order valence-electron chi connectivity index (χ4n) is 3.61. The number of hydrogen-bond acceptors (Lipinski definition) is 3. The number of hydrogen-bond donors (Lipinski definition) is 2. The van der Waals surface area contributed by atoms with Crippen molar-refractivity contribution in [2.24, 2.45) is 5.73 Å². The Hall–Kier alpha value is -2.00. The molecule has 3 N–H and O–H groups in total. The number of nitrogens with two attached hydrogens (primary N) is 1. The Morgan fingerprint density at radius 3 is 2.46 bits per heavy atom. The van der Waals surface area contributed by atoms with E-state index in [1.165, 1.54) is 32.1 Å². The van der Waals surface area contributed by atoms with Crippen LogP contribution in [-0.2, 0) is 0 Å². The van der Waals surface area contributed by atoms with E-state index in [2.05, 4.69) is 69.0 Å². The average molecular weight is 384 g/mol. The summed E-state index contributed by atoms with van der Waals surface area (Å²) in [4.78, 5) is 2.23. The second-order valence-corrected chi connectivity index (χ2v) is 7.54. The topological polar surface area (TPSA) is 41.3 Å². The monoisotopic (exact) mass is 383 g/mol. The summed E-state index contributed by atoms with van der Waals surface area (Å²) in [6.07, 6.45) is 10.4. The van der Waals surface area contributed by atoms with E-state index in [4.69, 9.17) is 5.73 Å². The van der Waals surface area contributed by atoms with E-state index in [0.29, 0.717) is 6.54 Å². The third-order valence-electron chi connectivity index (χ3n) is 5.39. The molecular weight excluding hydrogens is 342 g/mol. The number of rotatable bonds is 15. The summed E-state index contributed by atoms with van der Waals surface area (Å²) >= 11 is 0. The molecule has 0 amide bonds. The Kier molecular flexibility index (Phi) is 11.4. The predicted octanol–water partition coefficient (Wildman–Crippen LogP) is 6.30. The second kappa shape index (κ2) is 13.2. The lowest BCUT2D eigenvalue weighted by Gasteiger charge is -2.34. The Bertz CT molecular complexity index is 633. The summed E-state index contributed by atoms with van der Waals surface area (Å²) < 4.78 is 0. The van der Waals surface area contributed by atoms with Crippen LogP contribution < -0.4 is 11.1 Å². The van der Waals surface area contributed by atoms with E-state index in [9.17, 15) is 0 Å². The van der Waals surface area contributed by atoms with Crippen molar-refractivity contribution in [3.8, 4) is 0 Å². The molecule has 0 bridgehead atoms. The normalized spacial score (nSPS) is 11.7. The van der Waals surface area contributed by atoms with Gasteiger partial charge in [0.15, 0.2) is 0 Å². The molecule has 0 heterocycles. The van der Waals surface area contributed by atoms with Gasteiger partial charge >= 0.3 is 0 Å². The zero-order valence-electron chi connectivity index (χ0n) is 18.4. The molecule has 0 aromatic heterocycles. The summed E-state index contributed by atoms with van der Waals surface area (Å²) in [5.41, 5.74) is 11.3. The molecule has 1 unspecified atom stereocenters. The smallest absolute Gasteiger partial charge is 0.0508 e. The first-order valence-electron chi connectivity index (χ1n) is 10.8. The van der Waals surface area contributed by atoms with Crippen LogP contribution in [0.5, 0.6) is 0 Å². The minimum Gasteiger partial charge on any atom is -0.384 e. The SMILES string of the molecule is C=Cc1cccc(NCCCCCCC)c1C(=C)N(C)C(CCC)C(=C)CN. The van der Waals surface area contributed by atoms with Crippen molar-refractivity contribution in [3.05, 3.63) is 54.6 Å². The molecular formula is C25H41N3. The first-order chi connectivity index (χ1) is 13.5. The largest absolute Gasteiger partial charge is 0.384 e. The lowest BCUT2D eigenvalue weighted by Crippen LogP contribution is -2.34. The van der Waals surface area contributed by atoms with Crippen LogP contribution >= 0.6 is 0 Å². The average Bonchev–Trinajstić information content (AvgIpc) is 2.72. The first-order valence-corrected chi connectivity index (χ1v) is 10.8. The van der Waals surface area contributed by atoms with Crippen LogP contribution in [0.4, 0.5) is 5.69 Å². The summed E-state index contributed by atoms with van der Waals surface area (Å²) in [6.45, 7) is 18.6. The van der Waals surface area contributed by atoms with Gasteiger partial charge in [0.25, 0.3) is 0 Å². The maximum absolute atomic E-state index is 5.90. The fraction of sp³-hybridized carbons (Fsp3) is 0.520. The van der Waals surface area contributed by atoms with Gasteiger partial charge in [-0.15, -0.1) is 0 Å². The molecule has 1 aromatic rings. The van der Waals surface area contributed by atoms with Crippen LogP contribution in [0, 0.1) is 0 Å². The van der Waals surface area contributed by atoms with Gasteiger partial charge in [-0.3, -0.25) is 0 Å². The number of benzene rings is 1. The number of anilines is 1. The Morgan fingerprint density at radius 2 is 1.86 bits per heavy atom. The first kappa shape index (κ1) is 24.0. The van der Waals surface area contributed by atoms with Crippen molar-refractivity contribution in [3.63, 3.8) is 0 Å². The van der Waals surface area contributed by atoms with Gasteiger partial charge in [-0.1, -0.05) is 83.9 Å². The highest BCUT2D eigenvalue weighted by molar-refractivity contribution is 5.81. The maximum atomic E-state index is 5.90. The minimum absolute atomic E-state index is 0.197. The molecule has 0 saturated carbocycles. The lowest BCUT2D eigenvalue weighted by molar-refractivity contribution is 0.365. The predicted molar refractivity (Wildman–Crippen MR) is 127 cm³/mol. The quantitative estimate of drug-likeness (QED) is 0.276. The standard InChI is InChI=1S/C25H41N3/c1-7-10-11-12-13-18-27-23-17-14-16-22(9-3)25(23)21(5)28(6)24(15-8-2)20(4)19-26/h9,14,16-17,24,27H,3-5,7-8,10-13,15,18-19,26H2,1-2,6H3. The molecule has 0 spiro atoms. The van der Waals surface area contributed by atoms with Gasteiger partial charge in [0.05, 0.1) is 6.04 Å². The van der Waals surface area contributed by atoms with Gasteiger partial charge < -0.3 is 16.0 Å². The minimum atomic E-state index is 0.197. The highest BCUT2D eigenvalue weighted by Crippen LogP contribution is 2.32. The summed E-state index contributed by atoms with van der Waals surface area (Å²) in [5, 5.41) is 3.63. The molecule has 0 aliphatic carbocycles. The number of likely N-dealkylation sites (N-methyl/N-ethyl adjacent to an activating group) is 1. The van der Waals surface area contributed by atoms with Crippen molar-refractivity contribution >= 4 is 17.5 Å². The van der Waals surface area contributed by atoms with Gasteiger partial charge in [0.1, 0.15) is 0 Å². The Balaban J connectivity index is 3.00. The van der Waals surface area contributed by atoms with Crippen molar-refractivity contribution in [1.29, 1.82) is 0 Å². The highest BCUT2D eigenvalue weighted by Gasteiger charge is 2.21. The van der Waals surface area contributed by atoms with Crippen LogP contribution in [0.1, 0.15) is 69.9 Å². The van der Waals surface area contributed by atoms with E-state index in [-0.39, 0.29) is 6.04 Å². The molecule has 156 valence electrons. The fourth-order valence-corrected chi connectivity index (χ4v) is 3.61. The third kappa shape index (κ3) is 6.87. The van der Waals surface area contributed by atoms with Crippen LogP contribution in [-0.4, -0.2) is 31.1 Å². The zero-order valence-corrected chi connectivity index (χ0v) is 18.4. The number of nitrogens with zero attached hydrogens (tertiary/aromatic N) is 1. The summed E-state index contributed by atoms with van der Waals surface area (Å²) in [6, 6.07) is 6.51. The van der Waals surface area contributed by atoms with Crippen LogP contribution in [0.15, 0.2) is 43.5 Å². The highest BCUT2D eigenvalue weighted by atomic mass is 15.1. The van der Waals surface area contributed by atoms with E-state index in [1.54, 1.807) is 0 Å². The van der Waals surface area contributed by atoms with Crippen LogP contribution in [0.2, 0.25) is 0 Å².